The summed E-state index contributed by atoms with van der Waals surface area (Å²) >= 11 is 0. The fourth-order valence-corrected chi connectivity index (χ4v) is 3.16. The van der Waals surface area contributed by atoms with Gasteiger partial charge in [-0.25, -0.2) is 8.42 Å². The van der Waals surface area contributed by atoms with Crippen LogP contribution in [0, 0.1) is 0 Å². The largest absolute Gasteiger partial charge is 0.300 e. The van der Waals surface area contributed by atoms with Crippen LogP contribution in [0.4, 0.5) is 0 Å². The molecule has 1 aromatic carbocycles. The van der Waals surface area contributed by atoms with Gasteiger partial charge in [0.1, 0.15) is 5.82 Å². The van der Waals surface area contributed by atoms with E-state index in [2.05, 4.69) is 10.2 Å². The van der Waals surface area contributed by atoms with Gasteiger partial charge in [0.15, 0.2) is 0 Å². The zero-order valence-electron chi connectivity index (χ0n) is 11.5. The summed E-state index contributed by atoms with van der Waals surface area (Å²) in [5, 5.41) is 7.59. The summed E-state index contributed by atoms with van der Waals surface area (Å²) in [4.78, 5) is 0. The maximum Gasteiger partial charge on any atom is 0.296 e. The van der Waals surface area contributed by atoms with Crippen LogP contribution in [-0.4, -0.2) is 23.2 Å². The fraction of sp³-hybridized carbons (Fsp3) is 0.385. The Hall–Kier alpha value is -1.40. The van der Waals surface area contributed by atoms with Gasteiger partial charge < -0.3 is 4.57 Å². The van der Waals surface area contributed by atoms with E-state index in [-0.39, 0.29) is 5.16 Å². The predicted octanol–water partition coefficient (Wildman–Crippen LogP) is 2.55. The molecule has 0 bridgehead atoms. The SMILES string of the molecule is CCn1c(C(C)(C)c2ccccc2)nnc1S(=O)(=O)Cl. The lowest BCUT2D eigenvalue weighted by atomic mass is 9.84. The van der Waals surface area contributed by atoms with Crippen LogP contribution < -0.4 is 0 Å². The van der Waals surface area contributed by atoms with Gasteiger partial charge in [0.25, 0.3) is 14.2 Å². The van der Waals surface area contributed by atoms with E-state index in [4.69, 9.17) is 10.7 Å². The first-order chi connectivity index (χ1) is 9.28. The Morgan fingerprint density at radius 1 is 1.20 bits per heavy atom. The van der Waals surface area contributed by atoms with Crippen molar-refractivity contribution < 1.29 is 8.42 Å². The maximum absolute atomic E-state index is 11.5. The number of hydrogen-bond acceptors (Lipinski definition) is 4. The van der Waals surface area contributed by atoms with Crippen molar-refractivity contribution in [3.05, 3.63) is 41.7 Å². The van der Waals surface area contributed by atoms with E-state index in [1.165, 1.54) is 4.57 Å². The highest BCUT2D eigenvalue weighted by Gasteiger charge is 2.32. The van der Waals surface area contributed by atoms with E-state index in [1.807, 2.05) is 51.1 Å². The molecule has 0 atom stereocenters. The summed E-state index contributed by atoms with van der Waals surface area (Å²) in [5.74, 6) is 0.574. The van der Waals surface area contributed by atoms with Crippen LogP contribution in [0.2, 0.25) is 0 Å². The van der Waals surface area contributed by atoms with Gasteiger partial charge in [-0.1, -0.05) is 30.3 Å². The van der Waals surface area contributed by atoms with Crippen LogP contribution >= 0.6 is 10.7 Å². The summed E-state index contributed by atoms with van der Waals surface area (Å²) < 4.78 is 24.6. The Kier molecular flexibility index (Phi) is 3.88. The summed E-state index contributed by atoms with van der Waals surface area (Å²) in [6, 6.07) is 9.75. The number of rotatable bonds is 4. The van der Waals surface area contributed by atoms with Gasteiger partial charge in [-0.3, -0.25) is 0 Å². The zero-order valence-corrected chi connectivity index (χ0v) is 13.1. The molecule has 0 amide bonds. The standard InChI is InChI=1S/C13H16ClN3O2S/c1-4-17-11(15-16-12(17)20(14,18)19)13(2,3)10-8-6-5-7-9-10/h5-9H,4H2,1-3H3. The third kappa shape index (κ3) is 2.58. The monoisotopic (exact) mass is 313 g/mol. The number of hydrogen-bond donors (Lipinski definition) is 0. The molecule has 0 saturated heterocycles. The lowest BCUT2D eigenvalue weighted by Crippen LogP contribution is -2.25. The van der Waals surface area contributed by atoms with Crippen molar-refractivity contribution in [1.82, 2.24) is 14.8 Å². The highest BCUT2D eigenvalue weighted by Crippen LogP contribution is 2.31. The summed E-state index contributed by atoms with van der Waals surface area (Å²) in [5.41, 5.74) is 0.560. The zero-order chi connectivity index (χ0) is 15.0. The average molecular weight is 314 g/mol. The van der Waals surface area contributed by atoms with Gasteiger partial charge in [-0.05, 0) is 26.3 Å². The van der Waals surface area contributed by atoms with Crippen LogP contribution in [0.3, 0.4) is 0 Å². The van der Waals surface area contributed by atoms with Crippen molar-refractivity contribution in [2.24, 2.45) is 0 Å². The average Bonchev–Trinajstić information content (AvgIpc) is 2.84. The molecule has 0 fully saturated rings. The Morgan fingerprint density at radius 3 is 2.30 bits per heavy atom. The molecule has 1 heterocycles. The van der Waals surface area contributed by atoms with Gasteiger partial charge in [0.2, 0.25) is 0 Å². The lowest BCUT2D eigenvalue weighted by molar-refractivity contribution is 0.517. The Morgan fingerprint density at radius 2 is 1.80 bits per heavy atom. The van der Waals surface area contributed by atoms with Crippen LogP contribution in [0.1, 0.15) is 32.2 Å². The normalized spacial score (nSPS) is 12.6. The van der Waals surface area contributed by atoms with Gasteiger partial charge in [-0.2, -0.15) is 0 Å². The van der Waals surface area contributed by atoms with Gasteiger partial charge >= 0.3 is 0 Å². The summed E-state index contributed by atoms with van der Waals surface area (Å²) in [6.07, 6.45) is 0. The number of halogens is 1. The Bertz CT molecular complexity index is 708. The molecule has 0 spiro atoms. The molecule has 0 unspecified atom stereocenters. The molecule has 0 saturated carbocycles. The first-order valence-electron chi connectivity index (χ1n) is 6.22. The molecule has 20 heavy (non-hydrogen) atoms. The Labute approximate surface area is 123 Å². The molecule has 2 rings (SSSR count). The van der Waals surface area contributed by atoms with Crippen molar-refractivity contribution >= 4 is 19.7 Å². The first kappa shape index (κ1) is 15.0. The summed E-state index contributed by atoms with van der Waals surface area (Å²) in [7, 11) is 1.50. The second-order valence-electron chi connectivity index (χ2n) is 4.98. The molecule has 0 N–H and O–H groups in total. The van der Waals surface area contributed by atoms with Crippen LogP contribution in [-0.2, 0) is 21.0 Å². The molecule has 0 aliphatic rings. The van der Waals surface area contributed by atoms with E-state index < -0.39 is 14.5 Å². The fourth-order valence-electron chi connectivity index (χ4n) is 2.20. The molecular weight excluding hydrogens is 298 g/mol. The highest BCUT2D eigenvalue weighted by molar-refractivity contribution is 8.13. The molecule has 1 aromatic heterocycles. The van der Waals surface area contributed by atoms with Crippen molar-refractivity contribution in [1.29, 1.82) is 0 Å². The molecule has 7 heteroatoms. The smallest absolute Gasteiger partial charge is 0.296 e. The molecule has 5 nitrogen and oxygen atoms in total. The van der Waals surface area contributed by atoms with Gasteiger partial charge in [0.05, 0.1) is 0 Å². The molecule has 0 aliphatic carbocycles. The van der Waals surface area contributed by atoms with Crippen LogP contribution in [0.25, 0.3) is 0 Å². The minimum absolute atomic E-state index is 0.208. The van der Waals surface area contributed by atoms with E-state index >= 15 is 0 Å². The topological polar surface area (TPSA) is 64.8 Å². The molecule has 0 aliphatic heterocycles. The predicted molar refractivity (Wildman–Crippen MR) is 77.3 cm³/mol. The minimum Gasteiger partial charge on any atom is -0.300 e. The third-order valence-corrected chi connectivity index (χ3v) is 4.46. The van der Waals surface area contributed by atoms with Crippen LogP contribution in [0.15, 0.2) is 35.5 Å². The van der Waals surface area contributed by atoms with E-state index in [0.717, 1.165) is 5.56 Å². The van der Waals surface area contributed by atoms with E-state index in [0.29, 0.717) is 12.4 Å². The minimum atomic E-state index is -3.91. The second-order valence-corrected chi connectivity index (χ2v) is 7.44. The highest BCUT2D eigenvalue weighted by atomic mass is 35.7. The van der Waals surface area contributed by atoms with E-state index in [1.54, 1.807) is 0 Å². The molecule has 108 valence electrons. The quantitative estimate of drug-likeness (QED) is 0.814. The molecular formula is C13H16ClN3O2S. The van der Waals surface area contributed by atoms with Crippen molar-refractivity contribution in [3.8, 4) is 0 Å². The van der Waals surface area contributed by atoms with Crippen molar-refractivity contribution in [3.63, 3.8) is 0 Å². The van der Waals surface area contributed by atoms with Crippen molar-refractivity contribution in [2.75, 3.05) is 0 Å². The number of aromatic nitrogens is 3. The summed E-state index contributed by atoms with van der Waals surface area (Å²) in [6.45, 7) is 6.21. The maximum atomic E-state index is 11.5. The first-order valence-corrected chi connectivity index (χ1v) is 8.53. The number of benzene rings is 1. The number of nitrogens with zero attached hydrogens (tertiary/aromatic N) is 3. The van der Waals surface area contributed by atoms with Gasteiger partial charge in [-0.15, -0.1) is 10.2 Å². The Balaban J connectivity index is 2.62. The van der Waals surface area contributed by atoms with Gasteiger partial charge in [0, 0.05) is 22.6 Å². The van der Waals surface area contributed by atoms with E-state index in [9.17, 15) is 8.42 Å². The molecule has 2 aromatic rings. The molecule has 0 radical (unpaired) electrons. The van der Waals surface area contributed by atoms with Crippen LogP contribution in [0.5, 0.6) is 0 Å². The van der Waals surface area contributed by atoms with Crippen molar-refractivity contribution in [2.45, 2.75) is 37.9 Å². The third-order valence-electron chi connectivity index (χ3n) is 3.31. The lowest BCUT2D eigenvalue weighted by Gasteiger charge is -2.24. The second kappa shape index (κ2) is 5.18.